The standard InChI is InChI=1S/C9H16O2/c1-7(2)5-6-9(3,4)8(10)11/h1,5-6H2,2-4H3,(H,10,11). The van der Waals surface area contributed by atoms with Crippen molar-refractivity contribution in [2.45, 2.75) is 33.6 Å². The highest BCUT2D eigenvalue weighted by atomic mass is 16.4. The van der Waals surface area contributed by atoms with Crippen molar-refractivity contribution in [3.63, 3.8) is 0 Å². The molecule has 0 heterocycles. The number of allylic oxidation sites excluding steroid dienone is 1. The van der Waals surface area contributed by atoms with Crippen LogP contribution in [-0.2, 0) is 4.79 Å². The maximum atomic E-state index is 10.6. The van der Waals surface area contributed by atoms with Gasteiger partial charge in [-0.1, -0.05) is 5.57 Å². The summed E-state index contributed by atoms with van der Waals surface area (Å²) in [6.07, 6.45) is 1.46. The van der Waals surface area contributed by atoms with E-state index in [-0.39, 0.29) is 0 Å². The van der Waals surface area contributed by atoms with E-state index in [9.17, 15) is 4.79 Å². The molecule has 0 aromatic rings. The molecule has 2 heteroatoms. The van der Waals surface area contributed by atoms with Crippen molar-refractivity contribution in [2.24, 2.45) is 5.41 Å². The monoisotopic (exact) mass is 156 g/mol. The lowest BCUT2D eigenvalue weighted by molar-refractivity contribution is -0.147. The van der Waals surface area contributed by atoms with Crippen LogP contribution < -0.4 is 0 Å². The summed E-state index contributed by atoms with van der Waals surface area (Å²) in [5.74, 6) is -0.737. The second-order valence-electron chi connectivity index (χ2n) is 3.65. The number of aliphatic carboxylic acids is 1. The van der Waals surface area contributed by atoms with Crippen LogP contribution in [0.5, 0.6) is 0 Å². The van der Waals surface area contributed by atoms with E-state index in [0.717, 1.165) is 12.0 Å². The van der Waals surface area contributed by atoms with E-state index in [0.29, 0.717) is 6.42 Å². The average molecular weight is 156 g/mol. The smallest absolute Gasteiger partial charge is 0.309 e. The lowest BCUT2D eigenvalue weighted by Gasteiger charge is -2.18. The first-order valence-electron chi connectivity index (χ1n) is 3.74. The summed E-state index contributed by atoms with van der Waals surface area (Å²) < 4.78 is 0. The van der Waals surface area contributed by atoms with Crippen molar-refractivity contribution in [1.82, 2.24) is 0 Å². The van der Waals surface area contributed by atoms with Crippen LogP contribution in [0.4, 0.5) is 0 Å². The molecule has 0 saturated carbocycles. The lowest BCUT2D eigenvalue weighted by atomic mass is 9.87. The van der Waals surface area contributed by atoms with E-state index in [2.05, 4.69) is 6.58 Å². The van der Waals surface area contributed by atoms with E-state index >= 15 is 0 Å². The number of carbonyl (C=O) groups is 1. The number of carboxylic acid groups (broad SMARTS) is 1. The van der Waals surface area contributed by atoms with Gasteiger partial charge in [0, 0.05) is 0 Å². The third-order valence-corrected chi connectivity index (χ3v) is 1.76. The number of rotatable bonds is 4. The average Bonchev–Trinajstić information content (AvgIpc) is 1.84. The predicted octanol–water partition coefficient (Wildman–Crippen LogP) is 2.45. The molecule has 0 unspecified atom stereocenters. The second-order valence-corrected chi connectivity index (χ2v) is 3.65. The molecular formula is C9H16O2. The Balaban J connectivity index is 3.92. The van der Waals surface area contributed by atoms with Crippen LogP contribution in [0.15, 0.2) is 12.2 Å². The Morgan fingerprint density at radius 2 is 2.00 bits per heavy atom. The lowest BCUT2D eigenvalue weighted by Crippen LogP contribution is -2.23. The Hall–Kier alpha value is -0.790. The van der Waals surface area contributed by atoms with Crippen LogP contribution in [0, 0.1) is 5.41 Å². The molecule has 11 heavy (non-hydrogen) atoms. The van der Waals surface area contributed by atoms with E-state index in [1.54, 1.807) is 13.8 Å². The molecule has 0 aromatic carbocycles. The molecule has 0 rings (SSSR count). The summed E-state index contributed by atoms with van der Waals surface area (Å²) in [6, 6.07) is 0. The van der Waals surface area contributed by atoms with E-state index in [1.165, 1.54) is 0 Å². The van der Waals surface area contributed by atoms with Gasteiger partial charge in [0.05, 0.1) is 5.41 Å². The first-order chi connectivity index (χ1) is 4.86. The Bertz CT molecular complexity index is 168. The van der Waals surface area contributed by atoms with E-state index in [1.807, 2.05) is 6.92 Å². The van der Waals surface area contributed by atoms with Gasteiger partial charge in [-0.05, 0) is 33.6 Å². The van der Waals surface area contributed by atoms with Crippen molar-refractivity contribution in [3.8, 4) is 0 Å². The quantitative estimate of drug-likeness (QED) is 0.635. The molecule has 0 amide bonds. The zero-order valence-electron chi connectivity index (χ0n) is 7.48. The molecular weight excluding hydrogens is 140 g/mol. The molecule has 0 spiro atoms. The molecule has 2 nitrogen and oxygen atoms in total. The van der Waals surface area contributed by atoms with Crippen LogP contribution in [-0.4, -0.2) is 11.1 Å². The van der Waals surface area contributed by atoms with Crippen LogP contribution in [0.2, 0.25) is 0 Å². The normalized spacial score (nSPS) is 11.2. The molecule has 0 saturated heterocycles. The fourth-order valence-corrected chi connectivity index (χ4v) is 0.633. The summed E-state index contributed by atoms with van der Waals surface area (Å²) in [5.41, 5.74) is 0.429. The van der Waals surface area contributed by atoms with Gasteiger partial charge < -0.3 is 5.11 Å². The van der Waals surface area contributed by atoms with Crippen molar-refractivity contribution in [1.29, 1.82) is 0 Å². The number of carboxylic acids is 1. The molecule has 0 bridgehead atoms. The molecule has 0 atom stereocenters. The van der Waals surface area contributed by atoms with Gasteiger partial charge in [-0.25, -0.2) is 0 Å². The minimum atomic E-state index is -0.737. The molecule has 0 fully saturated rings. The van der Waals surface area contributed by atoms with Crippen LogP contribution in [0.1, 0.15) is 33.6 Å². The molecule has 0 aliphatic carbocycles. The maximum Gasteiger partial charge on any atom is 0.309 e. The van der Waals surface area contributed by atoms with Crippen molar-refractivity contribution in [3.05, 3.63) is 12.2 Å². The van der Waals surface area contributed by atoms with Crippen LogP contribution >= 0.6 is 0 Å². The van der Waals surface area contributed by atoms with Gasteiger partial charge >= 0.3 is 5.97 Å². The third-order valence-electron chi connectivity index (χ3n) is 1.76. The Labute approximate surface area is 67.9 Å². The summed E-state index contributed by atoms with van der Waals surface area (Å²) in [6.45, 7) is 9.11. The highest BCUT2D eigenvalue weighted by Gasteiger charge is 2.25. The minimum Gasteiger partial charge on any atom is -0.481 e. The molecule has 0 aliphatic rings. The van der Waals surface area contributed by atoms with Crippen LogP contribution in [0.3, 0.4) is 0 Å². The van der Waals surface area contributed by atoms with Gasteiger partial charge in [-0.15, -0.1) is 6.58 Å². The van der Waals surface area contributed by atoms with Gasteiger partial charge in [0.25, 0.3) is 0 Å². The van der Waals surface area contributed by atoms with Crippen molar-refractivity contribution < 1.29 is 9.90 Å². The largest absolute Gasteiger partial charge is 0.481 e. The van der Waals surface area contributed by atoms with Gasteiger partial charge in [-0.2, -0.15) is 0 Å². The van der Waals surface area contributed by atoms with Gasteiger partial charge in [0.1, 0.15) is 0 Å². The zero-order chi connectivity index (χ0) is 9.07. The van der Waals surface area contributed by atoms with Crippen LogP contribution in [0.25, 0.3) is 0 Å². The van der Waals surface area contributed by atoms with E-state index < -0.39 is 11.4 Å². The summed E-state index contributed by atoms with van der Waals surface area (Å²) >= 11 is 0. The van der Waals surface area contributed by atoms with Crippen molar-refractivity contribution in [2.75, 3.05) is 0 Å². The van der Waals surface area contributed by atoms with Gasteiger partial charge in [0.15, 0.2) is 0 Å². The summed E-state index contributed by atoms with van der Waals surface area (Å²) in [5, 5.41) is 8.72. The van der Waals surface area contributed by atoms with Gasteiger partial charge in [0.2, 0.25) is 0 Å². The van der Waals surface area contributed by atoms with E-state index in [4.69, 9.17) is 5.11 Å². The molecule has 64 valence electrons. The fourth-order valence-electron chi connectivity index (χ4n) is 0.633. The summed E-state index contributed by atoms with van der Waals surface area (Å²) in [7, 11) is 0. The molecule has 0 radical (unpaired) electrons. The van der Waals surface area contributed by atoms with Gasteiger partial charge in [-0.3, -0.25) is 4.79 Å². The highest BCUT2D eigenvalue weighted by molar-refractivity contribution is 5.73. The third kappa shape index (κ3) is 3.81. The topological polar surface area (TPSA) is 37.3 Å². The first kappa shape index (κ1) is 10.2. The fraction of sp³-hybridized carbons (Fsp3) is 0.667. The Morgan fingerprint density at radius 1 is 1.55 bits per heavy atom. The summed E-state index contributed by atoms with van der Waals surface area (Å²) in [4.78, 5) is 10.6. The second kappa shape index (κ2) is 3.56. The molecule has 0 aromatic heterocycles. The highest BCUT2D eigenvalue weighted by Crippen LogP contribution is 2.23. The SMILES string of the molecule is C=C(C)CCC(C)(C)C(=O)O. The minimum absolute atomic E-state index is 0.612. The molecule has 0 aliphatic heterocycles. The predicted molar refractivity (Wildman–Crippen MR) is 45.5 cm³/mol. The Morgan fingerprint density at radius 3 is 2.27 bits per heavy atom. The Kier molecular flexibility index (Phi) is 3.30. The molecule has 1 N–H and O–H groups in total. The first-order valence-corrected chi connectivity index (χ1v) is 3.74. The number of hydrogen-bond acceptors (Lipinski definition) is 1. The number of hydrogen-bond donors (Lipinski definition) is 1. The maximum absolute atomic E-state index is 10.6. The van der Waals surface area contributed by atoms with Crippen molar-refractivity contribution >= 4 is 5.97 Å². The zero-order valence-corrected chi connectivity index (χ0v) is 7.48.